The van der Waals surface area contributed by atoms with Crippen molar-refractivity contribution in [3.05, 3.63) is 46.3 Å². The highest BCUT2D eigenvalue weighted by Crippen LogP contribution is 2.32. The topological polar surface area (TPSA) is 69.1 Å². The Bertz CT molecular complexity index is 458. The molecule has 1 heterocycles. The number of thioether (sulfide) groups is 1. The first-order valence-electron chi connectivity index (χ1n) is 5.19. The lowest BCUT2D eigenvalue weighted by Gasteiger charge is -2.44. The number of benzene rings is 1. The molecular weight excluding hydrogens is 236 g/mol. The Morgan fingerprint density at radius 1 is 1.47 bits per heavy atom. The molecule has 1 aromatic carbocycles. The molecule has 0 unspecified atom stereocenters. The highest BCUT2D eigenvalue weighted by Gasteiger charge is 2.46. The first kappa shape index (κ1) is 11.8. The second kappa shape index (κ2) is 5.12. The van der Waals surface area contributed by atoms with Crippen molar-refractivity contribution in [2.45, 2.75) is 18.0 Å². The molecule has 0 bridgehead atoms. The summed E-state index contributed by atoms with van der Waals surface area (Å²) in [7, 11) is 0. The minimum Gasteiger partial charge on any atom is -0.325 e. The molecule has 1 amide bonds. The fraction of sp³-hybridized carbons (Fsp3) is 0.364. The summed E-state index contributed by atoms with van der Waals surface area (Å²) in [4.78, 5) is 16.2. The molecule has 0 radical (unpaired) electrons. The highest BCUT2D eigenvalue weighted by molar-refractivity contribution is 7.99. The van der Waals surface area contributed by atoms with Crippen LogP contribution in [0.3, 0.4) is 0 Å². The predicted molar refractivity (Wildman–Crippen MR) is 67.2 cm³/mol. The molecule has 1 aliphatic heterocycles. The van der Waals surface area contributed by atoms with Crippen LogP contribution in [-0.2, 0) is 11.3 Å². The number of β-lactam (4-membered cyclic amide) rings is 1. The van der Waals surface area contributed by atoms with E-state index in [9.17, 15) is 4.79 Å². The molecule has 5 nitrogen and oxygen atoms in total. The van der Waals surface area contributed by atoms with Gasteiger partial charge in [-0.3, -0.25) is 4.79 Å². The van der Waals surface area contributed by atoms with Crippen LogP contribution in [0.1, 0.15) is 5.56 Å². The Morgan fingerprint density at radius 2 is 2.18 bits per heavy atom. The summed E-state index contributed by atoms with van der Waals surface area (Å²) in [5.74, 6) is -0.0917. The zero-order chi connectivity index (χ0) is 12.3. The van der Waals surface area contributed by atoms with Crippen molar-refractivity contribution in [2.24, 2.45) is 5.11 Å². The van der Waals surface area contributed by atoms with Crippen molar-refractivity contribution in [2.75, 3.05) is 6.26 Å². The van der Waals surface area contributed by atoms with E-state index in [1.807, 2.05) is 36.6 Å². The first-order chi connectivity index (χ1) is 8.27. The molecule has 1 saturated heterocycles. The maximum absolute atomic E-state index is 11.8. The standard InChI is InChI=1S/C11H12N4OS/c1-17-11-9(13-14-12)10(16)15(11)7-8-5-3-2-4-6-8/h2-6,9,11H,7H2,1H3/t9-,11+/m1/s1. The van der Waals surface area contributed by atoms with E-state index in [1.54, 1.807) is 4.90 Å². The molecule has 88 valence electrons. The normalized spacial score (nSPS) is 22.9. The van der Waals surface area contributed by atoms with Gasteiger partial charge in [-0.2, -0.15) is 0 Å². The van der Waals surface area contributed by atoms with Crippen molar-refractivity contribution >= 4 is 17.7 Å². The van der Waals surface area contributed by atoms with E-state index >= 15 is 0 Å². The first-order valence-corrected chi connectivity index (χ1v) is 6.48. The van der Waals surface area contributed by atoms with Gasteiger partial charge < -0.3 is 4.90 Å². The van der Waals surface area contributed by atoms with Crippen molar-refractivity contribution in [3.63, 3.8) is 0 Å². The van der Waals surface area contributed by atoms with Crippen LogP contribution >= 0.6 is 11.8 Å². The van der Waals surface area contributed by atoms with Gasteiger partial charge in [-0.25, -0.2) is 0 Å². The van der Waals surface area contributed by atoms with E-state index < -0.39 is 6.04 Å². The third-order valence-electron chi connectivity index (χ3n) is 2.73. The number of azide groups is 1. The molecule has 0 spiro atoms. The van der Waals surface area contributed by atoms with Gasteiger partial charge in [0.2, 0.25) is 5.91 Å². The van der Waals surface area contributed by atoms with E-state index in [0.29, 0.717) is 6.54 Å². The number of nitrogens with zero attached hydrogens (tertiary/aromatic N) is 4. The van der Waals surface area contributed by atoms with Crippen LogP contribution < -0.4 is 0 Å². The van der Waals surface area contributed by atoms with Gasteiger partial charge >= 0.3 is 0 Å². The maximum Gasteiger partial charge on any atom is 0.235 e. The average Bonchev–Trinajstić information content (AvgIpc) is 2.38. The van der Waals surface area contributed by atoms with Crippen molar-refractivity contribution in [3.8, 4) is 0 Å². The van der Waals surface area contributed by atoms with Gasteiger partial charge in [0.05, 0.1) is 5.37 Å². The van der Waals surface area contributed by atoms with Crippen molar-refractivity contribution < 1.29 is 4.79 Å². The summed E-state index contributed by atoms with van der Waals surface area (Å²) < 4.78 is 0. The van der Waals surface area contributed by atoms with Crippen LogP contribution in [0, 0.1) is 0 Å². The molecular formula is C11H12N4OS. The molecule has 0 saturated carbocycles. The van der Waals surface area contributed by atoms with Crippen molar-refractivity contribution in [1.29, 1.82) is 0 Å². The zero-order valence-corrected chi connectivity index (χ0v) is 10.2. The van der Waals surface area contributed by atoms with E-state index in [2.05, 4.69) is 10.0 Å². The minimum absolute atomic E-state index is 0.0430. The number of likely N-dealkylation sites (tertiary alicyclic amines) is 1. The summed E-state index contributed by atoms with van der Waals surface area (Å²) in [5.41, 5.74) is 9.47. The number of hydrogen-bond acceptors (Lipinski definition) is 3. The third kappa shape index (κ3) is 2.23. The molecule has 1 aliphatic rings. The monoisotopic (exact) mass is 248 g/mol. The molecule has 0 aliphatic carbocycles. The molecule has 17 heavy (non-hydrogen) atoms. The van der Waals surface area contributed by atoms with E-state index in [0.717, 1.165) is 5.56 Å². The summed E-state index contributed by atoms with van der Waals surface area (Å²) in [6.45, 7) is 0.572. The molecule has 0 N–H and O–H groups in total. The van der Waals surface area contributed by atoms with Crippen LogP contribution in [0.2, 0.25) is 0 Å². The lowest BCUT2D eigenvalue weighted by Crippen LogP contribution is -2.61. The Kier molecular flexibility index (Phi) is 3.56. The molecule has 2 atom stereocenters. The van der Waals surface area contributed by atoms with Gasteiger partial charge in [0.25, 0.3) is 0 Å². The Hall–Kier alpha value is -1.65. The average molecular weight is 248 g/mol. The Morgan fingerprint density at radius 3 is 2.76 bits per heavy atom. The van der Waals surface area contributed by atoms with Gasteiger partial charge in [0.15, 0.2) is 0 Å². The summed E-state index contributed by atoms with van der Waals surface area (Å²) in [6.07, 6.45) is 1.91. The molecule has 1 fully saturated rings. The molecule has 0 aromatic heterocycles. The minimum atomic E-state index is -0.543. The highest BCUT2D eigenvalue weighted by atomic mass is 32.2. The van der Waals surface area contributed by atoms with Crippen LogP contribution in [0.5, 0.6) is 0 Å². The van der Waals surface area contributed by atoms with Gasteiger partial charge in [0.1, 0.15) is 6.04 Å². The van der Waals surface area contributed by atoms with E-state index in [1.165, 1.54) is 11.8 Å². The number of rotatable bonds is 4. The smallest absolute Gasteiger partial charge is 0.235 e. The summed E-state index contributed by atoms with van der Waals surface area (Å²) >= 11 is 1.53. The predicted octanol–water partition coefficient (Wildman–Crippen LogP) is 2.40. The molecule has 6 heteroatoms. The zero-order valence-electron chi connectivity index (χ0n) is 9.35. The number of hydrogen-bond donors (Lipinski definition) is 0. The fourth-order valence-electron chi connectivity index (χ4n) is 1.87. The lowest BCUT2D eigenvalue weighted by atomic mass is 10.1. The SMILES string of the molecule is CS[C@H]1[C@H](N=[N+]=[N-])C(=O)N1Cc1ccccc1. The van der Waals surface area contributed by atoms with Crippen LogP contribution in [0.15, 0.2) is 35.4 Å². The van der Waals surface area contributed by atoms with Gasteiger partial charge in [-0.1, -0.05) is 35.4 Å². The van der Waals surface area contributed by atoms with E-state index in [-0.39, 0.29) is 11.3 Å². The Labute approximate surface area is 103 Å². The number of amides is 1. The Balaban J connectivity index is 2.08. The maximum atomic E-state index is 11.8. The fourth-order valence-corrected chi connectivity index (χ4v) is 2.73. The van der Waals surface area contributed by atoms with Crippen molar-refractivity contribution in [1.82, 2.24) is 4.90 Å². The van der Waals surface area contributed by atoms with Gasteiger partial charge in [-0.15, -0.1) is 11.8 Å². The van der Waals surface area contributed by atoms with Crippen LogP contribution in [0.25, 0.3) is 10.4 Å². The molecule has 2 rings (SSSR count). The second-order valence-electron chi connectivity index (χ2n) is 3.73. The van der Waals surface area contributed by atoms with Gasteiger partial charge in [0, 0.05) is 11.5 Å². The van der Waals surface area contributed by atoms with Gasteiger partial charge in [-0.05, 0) is 17.4 Å². The third-order valence-corrected chi connectivity index (χ3v) is 3.72. The number of carbonyl (C=O) groups excluding carboxylic acids is 1. The lowest BCUT2D eigenvalue weighted by molar-refractivity contribution is -0.145. The summed E-state index contributed by atoms with van der Waals surface area (Å²) in [6, 6.07) is 9.24. The van der Waals surface area contributed by atoms with Crippen LogP contribution in [-0.4, -0.2) is 28.5 Å². The summed E-state index contributed by atoms with van der Waals surface area (Å²) in [5, 5.41) is 3.48. The molecule has 1 aromatic rings. The second-order valence-corrected chi connectivity index (χ2v) is 4.68. The largest absolute Gasteiger partial charge is 0.325 e. The van der Waals surface area contributed by atoms with Crippen LogP contribution in [0.4, 0.5) is 0 Å². The van der Waals surface area contributed by atoms with E-state index in [4.69, 9.17) is 5.53 Å². The quantitative estimate of drug-likeness (QED) is 0.355. The number of carbonyl (C=O) groups is 1.